The van der Waals surface area contributed by atoms with Gasteiger partial charge in [0.25, 0.3) is 0 Å². The van der Waals surface area contributed by atoms with Crippen molar-refractivity contribution < 1.29 is 0 Å². The molecule has 0 radical (unpaired) electrons. The van der Waals surface area contributed by atoms with Gasteiger partial charge in [0.1, 0.15) is 0 Å². The van der Waals surface area contributed by atoms with E-state index in [-0.39, 0.29) is 10.8 Å². The summed E-state index contributed by atoms with van der Waals surface area (Å²) in [5.74, 6) is 2.06. The Morgan fingerprint density at radius 1 is 0.360 bits per heavy atom. The normalized spacial score (nSPS) is 14.7. The van der Waals surface area contributed by atoms with E-state index in [4.69, 9.17) is 15.0 Å². The average Bonchev–Trinajstić information content (AvgIpc) is 3.52. The molecule has 2 aliphatic carbocycles. The van der Waals surface area contributed by atoms with E-state index in [2.05, 4.69) is 161 Å². The van der Waals surface area contributed by atoms with Crippen LogP contribution in [0.1, 0.15) is 49.9 Å². The van der Waals surface area contributed by atoms with Crippen LogP contribution in [0.5, 0.6) is 0 Å². The van der Waals surface area contributed by atoms with Crippen molar-refractivity contribution in [1.29, 1.82) is 0 Å². The molecule has 0 bridgehead atoms. The molecule has 50 heavy (non-hydrogen) atoms. The fourth-order valence-corrected chi connectivity index (χ4v) is 8.80. The van der Waals surface area contributed by atoms with E-state index < -0.39 is 0 Å². The zero-order valence-electron chi connectivity index (χ0n) is 28.6. The first-order chi connectivity index (χ1) is 24.3. The molecule has 1 heterocycles. The largest absolute Gasteiger partial charge is 0.208 e. The molecule has 7 aromatic carbocycles. The minimum atomic E-state index is -0.172. The van der Waals surface area contributed by atoms with Gasteiger partial charge in [-0.2, -0.15) is 0 Å². The monoisotopic (exact) mass is 641 g/mol. The van der Waals surface area contributed by atoms with Gasteiger partial charge in [0.2, 0.25) is 0 Å². The Morgan fingerprint density at radius 3 is 1.26 bits per heavy atom. The molecule has 0 saturated heterocycles. The number of hydrogen-bond acceptors (Lipinski definition) is 3. The van der Waals surface area contributed by atoms with E-state index in [1.54, 1.807) is 0 Å². The standard InChI is InChI=1S/C47H35N3/c1-46(2)35-24-14-12-22-33(35)39-37(46)26-29-18-8-10-20-31(29)41(39)44-48-43(28-16-6-5-7-17-28)49-45(50-44)42-32-21-11-9-19-30(32)27-38-40(42)34-23-13-15-25-36(34)47(38,3)4/h5-27H,1-4H3. The second-order valence-corrected chi connectivity index (χ2v) is 14.8. The van der Waals surface area contributed by atoms with Gasteiger partial charge >= 0.3 is 0 Å². The zero-order chi connectivity index (χ0) is 33.8. The predicted octanol–water partition coefficient (Wildman–Crippen LogP) is 11.8. The van der Waals surface area contributed by atoms with Crippen molar-refractivity contribution >= 4 is 21.5 Å². The SMILES string of the molecule is CC1(C)c2ccccc2-c2c1cc1ccccc1c2-c1nc(-c2ccccc2)nc(-c2c3c(cc4ccccc24)C(C)(C)c2ccccc2-3)n1. The van der Waals surface area contributed by atoms with Crippen molar-refractivity contribution in [2.75, 3.05) is 0 Å². The summed E-state index contributed by atoms with van der Waals surface area (Å²) in [6.45, 7) is 9.35. The minimum Gasteiger partial charge on any atom is -0.208 e. The Kier molecular flexibility index (Phi) is 5.97. The predicted molar refractivity (Wildman–Crippen MR) is 206 cm³/mol. The first-order valence-electron chi connectivity index (χ1n) is 17.5. The van der Waals surface area contributed by atoms with Gasteiger partial charge in [-0.3, -0.25) is 0 Å². The van der Waals surface area contributed by atoms with Crippen molar-refractivity contribution in [3.63, 3.8) is 0 Å². The number of fused-ring (bicyclic) bond motifs is 8. The molecular formula is C47H35N3. The molecule has 2 aliphatic rings. The number of benzene rings is 7. The van der Waals surface area contributed by atoms with Crippen molar-refractivity contribution in [3.8, 4) is 56.4 Å². The lowest BCUT2D eigenvalue weighted by atomic mass is 9.81. The van der Waals surface area contributed by atoms with Gasteiger partial charge < -0.3 is 0 Å². The Balaban J connectivity index is 1.37. The van der Waals surface area contributed by atoms with E-state index in [0.717, 1.165) is 27.5 Å². The third kappa shape index (κ3) is 3.95. The van der Waals surface area contributed by atoms with Gasteiger partial charge in [-0.05, 0) is 78.2 Å². The van der Waals surface area contributed by atoms with Crippen molar-refractivity contribution in [2.24, 2.45) is 0 Å². The number of rotatable bonds is 3. The minimum absolute atomic E-state index is 0.172. The molecule has 0 unspecified atom stereocenters. The second kappa shape index (κ2) is 10.3. The summed E-state index contributed by atoms with van der Waals surface area (Å²) in [4.78, 5) is 16.3. The van der Waals surface area contributed by atoms with Gasteiger partial charge in [-0.15, -0.1) is 0 Å². The van der Waals surface area contributed by atoms with Gasteiger partial charge in [0.15, 0.2) is 17.5 Å². The van der Waals surface area contributed by atoms with E-state index >= 15 is 0 Å². The van der Waals surface area contributed by atoms with Crippen LogP contribution in [0.25, 0.3) is 78.0 Å². The number of nitrogens with zero attached hydrogens (tertiary/aromatic N) is 3. The fraction of sp³-hybridized carbons (Fsp3) is 0.128. The van der Waals surface area contributed by atoms with E-state index in [9.17, 15) is 0 Å². The maximum absolute atomic E-state index is 5.57. The summed E-state index contributed by atoms with van der Waals surface area (Å²) < 4.78 is 0. The van der Waals surface area contributed by atoms with E-state index in [1.807, 2.05) is 6.07 Å². The third-order valence-electron chi connectivity index (χ3n) is 11.3. The smallest absolute Gasteiger partial charge is 0.165 e. The van der Waals surface area contributed by atoms with Gasteiger partial charge in [0, 0.05) is 27.5 Å². The van der Waals surface area contributed by atoms with Gasteiger partial charge in [0.05, 0.1) is 0 Å². The summed E-state index contributed by atoms with van der Waals surface area (Å²) in [6.07, 6.45) is 0. The quantitative estimate of drug-likeness (QED) is 0.193. The van der Waals surface area contributed by atoms with E-state index in [1.165, 1.54) is 55.3 Å². The Hall–Kier alpha value is -5.93. The number of hydrogen-bond donors (Lipinski definition) is 0. The molecule has 0 N–H and O–H groups in total. The number of aromatic nitrogens is 3. The molecule has 1 aromatic heterocycles. The molecule has 10 rings (SSSR count). The lowest BCUT2D eigenvalue weighted by Crippen LogP contribution is -2.15. The molecule has 0 spiro atoms. The molecule has 8 aromatic rings. The van der Waals surface area contributed by atoms with Crippen molar-refractivity contribution in [1.82, 2.24) is 15.0 Å². The molecule has 0 fully saturated rings. The first kappa shape index (κ1) is 29.0. The highest BCUT2D eigenvalue weighted by molar-refractivity contribution is 6.09. The van der Waals surface area contributed by atoms with Gasteiger partial charge in [-0.1, -0.05) is 155 Å². The van der Waals surface area contributed by atoms with Crippen molar-refractivity contribution in [2.45, 2.75) is 38.5 Å². The van der Waals surface area contributed by atoms with Gasteiger partial charge in [-0.25, -0.2) is 15.0 Å². The molecule has 0 aliphatic heterocycles. The van der Waals surface area contributed by atoms with Crippen LogP contribution in [0.4, 0.5) is 0 Å². The molecule has 3 nitrogen and oxygen atoms in total. The highest BCUT2D eigenvalue weighted by Gasteiger charge is 2.40. The van der Waals surface area contributed by atoms with Crippen LogP contribution in [-0.4, -0.2) is 15.0 Å². The van der Waals surface area contributed by atoms with Crippen LogP contribution in [0.2, 0.25) is 0 Å². The second-order valence-electron chi connectivity index (χ2n) is 14.8. The summed E-state index contributed by atoms with van der Waals surface area (Å²) >= 11 is 0. The summed E-state index contributed by atoms with van der Waals surface area (Å²) in [5.41, 5.74) is 12.9. The fourth-order valence-electron chi connectivity index (χ4n) is 8.80. The molecule has 238 valence electrons. The molecule has 0 saturated carbocycles. The Morgan fingerprint density at radius 2 is 0.760 bits per heavy atom. The maximum atomic E-state index is 5.57. The van der Waals surface area contributed by atoms with Crippen LogP contribution in [0.15, 0.2) is 140 Å². The van der Waals surface area contributed by atoms with Crippen LogP contribution < -0.4 is 0 Å². The highest BCUT2D eigenvalue weighted by Crippen LogP contribution is 2.56. The Bertz CT molecular complexity index is 2540. The molecular weight excluding hydrogens is 607 g/mol. The lowest BCUT2D eigenvalue weighted by molar-refractivity contribution is 0.661. The summed E-state index contributed by atoms with van der Waals surface area (Å²) in [6, 6.07) is 50.2. The van der Waals surface area contributed by atoms with Crippen LogP contribution in [0, 0.1) is 0 Å². The van der Waals surface area contributed by atoms with Crippen molar-refractivity contribution in [3.05, 3.63) is 162 Å². The zero-order valence-corrected chi connectivity index (χ0v) is 28.6. The molecule has 0 atom stereocenters. The lowest BCUT2D eigenvalue weighted by Gasteiger charge is -2.23. The first-order valence-corrected chi connectivity index (χ1v) is 17.5. The average molecular weight is 642 g/mol. The molecule has 0 amide bonds. The Labute approximate surface area is 292 Å². The maximum Gasteiger partial charge on any atom is 0.165 e. The topological polar surface area (TPSA) is 38.7 Å². The third-order valence-corrected chi connectivity index (χ3v) is 11.3. The van der Waals surface area contributed by atoms with Crippen LogP contribution in [-0.2, 0) is 10.8 Å². The van der Waals surface area contributed by atoms with Crippen LogP contribution >= 0.6 is 0 Å². The van der Waals surface area contributed by atoms with Crippen LogP contribution in [0.3, 0.4) is 0 Å². The summed E-state index contributed by atoms with van der Waals surface area (Å²) in [5, 5.41) is 4.66. The highest BCUT2D eigenvalue weighted by atomic mass is 15.0. The summed E-state index contributed by atoms with van der Waals surface area (Å²) in [7, 11) is 0. The molecule has 3 heteroatoms. The van der Waals surface area contributed by atoms with E-state index in [0.29, 0.717) is 17.5 Å².